The predicted octanol–water partition coefficient (Wildman–Crippen LogP) is 3.09. The van der Waals surface area contributed by atoms with Crippen molar-refractivity contribution in [1.29, 1.82) is 0 Å². The second-order valence-electron chi connectivity index (χ2n) is 6.12. The summed E-state index contributed by atoms with van der Waals surface area (Å²) in [6.07, 6.45) is 3.41. The maximum absolute atomic E-state index is 4.46. The van der Waals surface area contributed by atoms with Gasteiger partial charge in [-0.25, -0.2) is 14.6 Å². The molecule has 2 aromatic heterocycles. The molecule has 1 aromatic carbocycles. The zero-order valence-electron chi connectivity index (χ0n) is 12.5. The summed E-state index contributed by atoms with van der Waals surface area (Å²) in [6, 6.07) is 10.2. The fourth-order valence-corrected chi connectivity index (χ4v) is 2.22. The van der Waals surface area contributed by atoms with E-state index in [1.54, 1.807) is 6.33 Å². The van der Waals surface area contributed by atoms with Crippen LogP contribution in [0.4, 0.5) is 5.82 Å². The minimum Gasteiger partial charge on any atom is -0.365 e. The van der Waals surface area contributed by atoms with Gasteiger partial charge in [-0.15, -0.1) is 0 Å². The lowest BCUT2D eigenvalue weighted by atomic mass is 10.1. The van der Waals surface area contributed by atoms with E-state index in [4.69, 9.17) is 0 Å². The van der Waals surface area contributed by atoms with E-state index < -0.39 is 0 Å². The molecule has 108 valence electrons. The fraction of sp³-hybridized carbons (Fsp3) is 0.312. The highest BCUT2D eigenvalue weighted by atomic mass is 15.3. The zero-order chi connectivity index (χ0) is 14.9. The van der Waals surface area contributed by atoms with Gasteiger partial charge in [-0.05, 0) is 26.3 Å². The normalized spacial score (nSPS) is 11.8. The van der Waals surface area contributed by atoms with E-state index in [0.717, 1.165) is 16.9 Å². The molecule has 0 aliphatic heterocycles. The Morgan fingerprint density at radius 3 is 2.57 bits per heavy atom. The molecule has 21 heavy (non-hydrogen) atoms. The number of hydrogen-bond acceptors (Lipinski definition) is 4. The first kappa shape index (κ1) is 13.5. The maximum atomic E-state index is 4.46. The first-order chi connectivity index (χ1) is 10.0. The molecule has 5 heteroatoms. The quantitative estimate of drug-likeness (QED) is 0.801. The Hall–Kier alpha value is -2.43. The second-order valence-corrected chi connectivity index (χ2v) is 6.12. The van der Waals surface area contributed by atoms with E-state index in [1.807, 2.05) is 29.1 Å². The van der Waals surface area contributed by atoms with Gasteiger partial charge in [0.15, 0.2) is 5.65 Å². The van der Waals surface area contributed by atoms with Crippen LogP contribution in [0.15, 0.2) is 42.9 Å². The van der Waals surface area contributed by atoms with Crippen molar-refractivity contribution in [2.75, 3.05) is 5.32 Å². The van der Waals surface area contributed by atoms with Crippen molar-refractivity contribution >= 4 is 16.9 Å². The minimum atomic E-state index is -0.0528. The van der Waals surface area contributed by atoms with Gasteiger partial charge in [0.25, 0.3) is 0 Å². The molecule has 0 bridgehead atoms. The van der Waals surface area contributed by atoms with Crippen LogP contribution >= 0.6 is 0 Å². The van der Waals surface area contributed by atoms with Crippen molar-refractivity contribution < 1.29 is 0 Å². The number of rotatable bonds is 3. The Balaban J connectivity index is 1.97. The molecule has 0 aliphatic carbocycles. The van der Waals surface area contributed by atoms with Gasteiger partial charge in [0.1, 0.15) is 12.1 Å². The first-order valence-electron chi connectivity index (χ1n) is 7.01. The lowest BCUT2D eigenvalue weighted by Gasteiger charge is -2.21. The first-order valence-corrected chi connectivity index (χ1v) is 7.01. The Morgan fingerprint density at radius 2 is 1.86 bits per heavy atom. The lowest BCUT2D eigenvalue weighted by Crippen LogP contribution is -2.26. The van der Waals surface area contributed by atoms with Gasteiger partial charge in [-0.3, -0.25) is 0 Å². The molecule has 0 saturated heterocycles. The molecule has 0 saturated carbocycles. The highest BCUT2D eigenvalue weighted by Gasteiger charge is 2.15. The van der Waals surface area contributed by atoms with Gasteiger partial charge in [0.05, 0.1) is 18.1 Å². The summed E-state index contributed by atoms with van der Waals surface area (Å²) in [5, 5.41) is 8.80. The molecule has 0 radical (unpaired) electrons. The Bertz CT molecular complexity index is 740. The summed E-state index contributed by atoms with van der Waals surface area (Å²) in [5.41, 5.74) is 2.00. The molecular formula is C16H19N5. The molecule has 0 spiro atoms. The van der Waals surface area contributed by atoms with Crippen LogP contribution in [0.2, 0.25) is 0 Å². The molecule has 5 nitrogen and oxygen atoms in total. The highest BCUT2D eigenvalue weighted by molar-refractivity contribution is 5.86. The SMILES string of the molecule is CC(C)(C)Nc1ncnc2c1cnn2Cc1ccccc1. The topological polar surface area (TPSA) is 55.6 Å². The van der Waals surface area contributed by atoms with Crippen LogP contribution < -0.4 is 5.32 Å². The minimum absolute atomic E-state index is 0.0528. The van der Waals surface area contributed by atoms with Crippen molar-refractivity contribution in [3.05, 3.63) is 48.4 Å². The number of anilines is 1. The second kappa shape index (κ2) is 5.16. The van der Waals surface area contributed by atoms with Crippen LogP contribution in [0, 0.1) is 0 Å². The summed E-state index contributed by atoms with van der Waals surface area (Å²) < 4.78 is 1.90. The van der Waals surface area contributed by atoms with E-state index >= 15 is 0 Å². The summed E-state index contributed by atoms with van der Waals surface area (Å²) in [4.78, 5) is 8.71. The molecule has 0 atom stereocenters. The van der Waals surface area contributed by atoms with E-state index in [-0.39, 0.29) is 5.54 Å². The van der Waals surface area contributed by atoms with Crippen LogP contribution in [-0.2, 0) is 6.54 Å². The van der Waals surface area contributed by atoms with E-state index in [9.17, 15) is 0 Å². The van der Waals surface area contributed by atoms with Gasteiger partial charge < -0.3 is 5.32 Å². The monoisotopic (exact) mass is 281 g/mol. The molecule has 0 aliphatic rings. The average Bonchev–Trinajstić information content (AvgIpc) is 2.83. The lowest BCUT2D eigenvalue weighted by molar-refractivity contribution is 0.631. The van der Waals surface area contributed by atoms with Crippen LogP contribution in [0.5, 0.6) is 0 Å². The Kier molecular flexibility index (Phi) is 3.33. The van der Waals surface area contributed by atoms with Crippen LogP contribution in [0.3, 0.4) is 0 Å². The van der Waals surface area contributed by atoms with Crippen molar-refractivity contribution in [3.63, 3.8) is 0 Å². The average molecular weight is 281 g/mol. The highest BCUT2D eigenvalue weighted by Crippen LogP contribution is 2.22. The molecule has 0 unspecified atom stereocenters. The van der Waals surface area contributed by atoms with E-state index in [2.05, 4.69) is 53.3 Å². The molecule has 3 rings (SSSR count). The van der Waals surface area contributed by atoms with Gasteiger partial charge in [0.2, 0.25) is 0 Å². The number of nitrogens with zero attached hydrogens (tertiary/aromatic N) is 4. The van der Waals surface area contributed by atoms with E-state index in [0.29, 0.717) is 6.54 Å². The fourth-order valence-electron chi connectivity index (χ4n) is 2.22. The Morgan fingerprint density at radius 1 is 1.10 bits per heavy atom. The van der Waals surface area contributed by atoms with Crippen LogP contribution in [0.25, 0.3) is 11.0 Å². The number of aromatic nitrogens is 4. The zero-order valence-corrected chi connectivity index (χ0v) is 12.5. The molecule has 0 amide bonds. The summed E-state index contributed by atoms with van der Waals surface area (Å²) in [5.74, 6) is 0.826. The number of hydrogen-bond donors (Lipinski definition) is 1. The van der Waals surface area contributed by atoms with Crippen molar-refractivity contribution in [3.8, 4) is 0 Å². The van der Waals surface area contributed by atoms with Crippen molar-refractivity contribution in [1.82, 2.24) is 19.7 Å². The number of nitrogens with one attached hydrogen (secondary N) is 1. The standard InChI is InChI=1S/C16H19N5/c1-16(2,3)20-14-13-9-19-21(15(13)18-11-17-14)10-12-7-5-4-6-8-12/h4-9,11H,10H2,1-3H3,(H,17,18,20). The third kappa shape index (κ3) is 3.02. The molecular weight excluding hydrogens is 262 g/mol. The van der Waals surface area contributed by atoms with Crippen molar-refractivity contribution in [2.45, 2.75) is 32.9 Å². The van der Waals surface area contributed by atoms with E-state index in [1.165, 1.54) is 5.56 Å². The van der Waals surface area contributed by atoms with Crippen LogP contribution in [-0.4, -0.2) is 25.3 Å². The van der Waals surface area contributed by atoms with Crippen molar-refractivity contribution in [2.24, 2.45) is 0 Å². The molecule has 0 fully saturated rings. The molecule has 1 N–H and O–H groups in total. The van der Waals surface area contributed by atoms with Gasteiger partial charge in [-0.2, -0.15) is 5.10 Å². The van der Waals surface area contributed by atoms with Gasteiger partial charge in [0, 0.05) is 5.54 Å². The molecule has 3 aromatic rings. The summed E-state index contributed by atoms with van der Waals surface area (Å²) in [6.45, 7) is 7.02. The largest absolute Gasteiger partial charge is 0.365 e. The maximum Gasteiger partial charge on any atom is 0.163 e. The third-order valence-electron chi connectivity index (χ3n) is 3.10. The smallest absolute Gasteiger partial charge is 0.163 e. The number of fused-ring (bicyclic) bond motifs is 1. The summed E-state index contributed by atoms with van der Waals surface area (Å²) >= 11 is 0. The van der Waals surface area contributed by atoms with Crippen LogP contribution in [0.1, 0.15) is 26.3 Å². The third-order valence-corrected chi connectivity index (χ3v) is 3.10. The predicted molar refractivity (Wildman–Crippen MR) is 84.2 cm³/mol. The van der Waals surface area contributed by atoms with Gasteiger partial charge >= 0.3 is 0 Å². The van der Waals surface area contributed by atoms with Gasteiger partial charge in [-0.1, -0.05) is 30.3 Å². The Labute approximate surface area is 124 Å². The number of benzene rings is 1. The molecule has 2 heterocycles. The summed E-state index contributed by atoms with van der Waals surface area (Å²) in [7, 11) is 0.